The molecule has 1 N–H and O–H groups in total. The Labute approximate surface area is 123 Å². The van der Waals surface area contributed by atoms with Crippen molar-refractivity contribution in [1.29, 1.82) is 0 Å². The number of hydrogen-bond donors (Lipinski definition) is 1. The number of rotatable bonds is 6. The van der Waals surface area contributed by atoms with Crippen molar-refractivity contribution in [3.05, 3.63) is 11.8 Å². The van der Waals surface area contributed by atoms with Crippen LogP contribution >= 0.6 is 0 Å². The molecule has 1 aromatic rings. The zero-order valence-electron chi connectivity index (χ0n) is 13.0. The first-order chi connectivity index (χ1) is 9.79. The zero-order chi connectivity index (χ0) is 14.2. The van der Waals surface area contributed by atoms with Gasteiger partial charge in [0.25, 0.3) is 0 Å². The first-order valence-electron chi connectivity index (χ1n) is 8.14. The van der Waals surface area contributed by atoms with Gasteiger partial charge in [0.1, 0.15) is 5.82 Å². The van der Waals surface area contributed by atoms with E-state index in [4.69, 9.17) is 4.98 Å². The standard InChI is InChI=1S/C16H28N4/c1-3-4-7-10-17-16-18-14(2)13-15(19-16)20-11-8-5-6-9-12-20/h13H,3-12H2,1-2H3,(H,17,18,19). The van der Waals surface area contributed by atoms with Crippen LogP contribution in [0, 0.1) is 6.92 Å². The summed E-state index contributed by atoms with van der Waals surface area (Å²) in [6, 6.07) is 2.11. The molecule has 1 aliphatic heterocycles. The van der Waals surface area contributed by atoms with Crippen molar-refractivity contribution in [3.8, 4) is 0 Å². The van der Waals surface area contributed by atoms with Gasteiger partial charge >= 0.3 is 0 Å². The highest BCUT2D eigenvalue weighted by atomic mass is 15.2. The molecule has 0 atom stereocenters. The number of aromatic nitrogens is 2. The summed E-state index contributed by atoms with van der Waals surface area (Å²) < 4.78 is 0. The molecule has 4 nitrogen and oxygen atoms in total. The number of anilines is 2. The van der Waals surface area contributed by atoms with Crippen LogP contribution in [-0.2, 0) is 0 Å². The van der Waals surface area contributed by atoms with E-state index in [9.17, 15) is 0 Å². The second-order valence-electron chi connectivity index (χ2n) is 5.73. The lowest BCUT2D eigenvalue weighted by atomic mass is 10.2. The van der Waals surface area contributed by atoms with Crippen molar-refractivity contribution in [1.82, 2.24) is 9.97 Å². The maximum atomic E-state index is 4.70. The van der Waals surface area contributed by atoms with Crippen LogP contribution in [0.3, 0.4) is 0 Å². The summed E-state index contributed by atoms with van der Waals surface area (Å²) in [4.78, 5) is 11.6. The number of aryl methyl sites for hydroxylation is 1. The van der Waals surface area contributed by atoms with E-state index in [0.29, 0.717) is 0 Å². The van der Waals surface area contributed by atoms with Gasteiger partial charge in [-0.25, -0.2) is 4.98 Å². The average Bonchev–Trinajstić information content (AvgIpc) is 2.72. The second-order valence-corrected chi connectivity index (χ2v) is 5.73. The van der Waals surface area contributed by atoms with Gasteiger partial charge in [0.05, 0.1) is 0 Å². The third-order valence-electron chi connectivity index (χ3n) is 3.83. The first-order valence-corrected chi connectivity index (χ1v) is 8.14. The Morgan fingerprint density at radius 3 is 2.55 bits per heavy atom. The van der Waals surface area contributed by atoms with Gasteiger partial charge in [-0.3, -0.25) is 0 Å². The lowest BCUT2D eigenvalue weighted by Crippen LogP contribution is -2.25. The second kappa shape index (κ2) is 8.08. The molecule has 0 amide bonds. The molecule has 20 heavy (non-hydrogen) atoms. The summed E-state index contributed by atoms with van der Waals surface area (Å²) >= 11 is 0. The van der Waals surface area contributed by atoms with E-state index in [1.54, 1.807) is 0 Å². The Hall–Kier alpha value is -1.32. The van der Waals surface area contributed by atoms with Crippen molar-refractivity contribution < 1.29 is 0 Å². The van der Waals surface area contributed by atoms with E-state index >= 15 is 0 Å². The minimum Gasteiger partial charge on any atom is -0.356 e. The van der Waals surface area contributed by atoms with Gasteiger partial charge < -0.3 is 10.2 Å². The van der Waals surface area contributed by atoms with Crippen molar-refractivity contribution in [3.63, 3.8) is 0 Å². The normalized spacial score (nSPS) is 16.0. The molecule has 4 heteroatoms. The van der Waals surface area contributed by atoms with Crippen LogP contribution in [0.25, 0.3) is 0 Å². The van der Waals surface area contributed by atoms with E-state index < -0.39 is 0 Å². The Kier molecular flexibility index (Phi) is 6.09. The molecule has 0 saturated carbocycles. The van der Waals surface area contributed by atoms with Crippen LogP contribution in [0.1, 0.15) is 57.6 Å². The number of unbranched alkanes of at least 4 members (excludes halogenated alkanes) is 2. The third-order valence-corrected chi connectivity index (χ3v) is 3.83. The lowest BCUT2D eigenvalue weighted by Gasteiger charge is -2.22. The van der Waals surface area contributed by atoms with Crippen LogP contribution in [0.15, 0.2) is 6.07 Å². The van der Waals surface area contributed by atoms with E-state index in [2.05, 4.69) is 35.1 Å². The quantitative estimate of drug-likeness (QED) is 0.803. The summed E-state index contributed by atoms with van der Waals surface area (Å²) in [5, 5.41) is 3.37. The molecule has 112 valence electrons. The summed E-state index contributed by atoms with van der Waals surface area (Å²) in [6.07, 6.45) is 8.95. The van der Waals surface area contributed by atoms with Crippen LogP contribution < -0.4 is 10.2 Å². The van der Waals surface area contributed by atoms with Crippen molar-refractivity contribution in [2.75, 3.05) is 29.9 Å². The number of hydrogen-bond acceptors (Lipinski definition) is 4. The SMILES string of the molecule is CCCCCNc1nc(C)cc(N2CCCCCC2)n1. The first kappa shape index (κ1) is 15.1. The highest BCUT2D eigenvalue weighted by Gasteiger charge is 2.12. The van der Waals surface area contributed by atoms with E-state index in [1.165, 1.54) is 44.9 Å². The summed E-state index contributed by atoms with van der Waals surface area (Å²) in [6.45, 7) is 7.51. The van der Waals surface area contributed by atoms with Crippen molar-refractivity contribution >= 4 is 11.8 Å². The molecular formula is C16H28N4. The molecule has 1 saturated heterocycles. The zero-order valence-corrected chi connectivity index (χ0v) is 13.0. The van der Waals surface area contributed by atoms with Crippen LogP contribution in [0.5, 0.6) is 0 Å². The highest BCUT2D eigenvalue weighted by molar-refractivity contribution is 5.44. The third kappa shape index (κ3) is 4.66. The fourth-order valence-electron chi connectivity index (χ4n) is 2.67. The molecule has 0 bridgehead atoms. The Balaban J connectivity index is 1.99. The Morgan fingerprint density at radius 2 is 1.85 bits per heavy atom. The molecular weight excluding hydrogens is 248 g/mol. The molecule has 1 aromatic heterocycles. The van der Waals surface area contributed by atoms with E-state index in [1.807, 2.05) is 0 Å². The fraction of sp³-hybridized carbons (Fsp3) is 0.750. The van der Waals surface area contributed by atoms with E-state index in [0.717, 1.165) is 37.1 Å². The van der Waals surface area contributed by atoms with Gasteiger partial charge in [-0.15, -0.1) is 0 Å². The van der Waals surface area contributed by atoms with Crippen LogP contribution in [0.4, 0.5) is 11.8 Å². The molecule has 0 radical (unpaired) electrons. The number of nitrogens with zero attached hydrogens (tertiary/aromatic N) is 3. The monoisotopic (exact) mass is 276 g/mol. The Morgan fingerprint density at radius 1 is 1.10 bits per heavy atom. The van der Waals surface area contributed by atoms with Gasteiger partial charge in [0.2, 0.25) is 5.95 Å². The summed E-state index contributed by atoms with van der Waals surface area (Å²) in [5.41, 5.74) is 1.05. The molecule has 0 unspecified atom stereocenters. The molecule has 1 aliphatic rings. The summed E-state index contributed by atoms with van der Waals surface area (Å²) in [7, 11) is 0. The molecule has 1 fully saturated rings. The summed E-state index contributed by atoms with van der Waals surface area (Å²) in [5.74, 6) is 1.89. The molecule has 0 spiro atoms. The van der Waals surface area contributed by atoms with Gasteiger partial charge in [-0.2, -0.15) is 4.98 Å². The highest BCUT2D eigenvalue weighted by Crippen LogP contribution is 2.19. The van der Waals surface area contributed by atoms with Gasteiger partial charge in [0.15, 0.2) is 0 Å². The lowest BCUT2D eigenvalue weighted by molar-refractivity contribution is 0.726. The molecule has 0 aliphatic carbocycles. The number of nitrogens with one attached hydrogen (secondary N) is 1. The van der Waals surface area contributed by atoms with Gasteiger partial charge in [-0.1, -0.05) is 32.6 Å². The largest absolute Gasteiger partial charge is 0.356 e. The molecule has 2 heterocycles. The van der Waals surface area contributed by atoms with E-state index in [-0.39, 0.29) is 0 Å². The fourth-order valence-corrected chi connectivity index (χ4v) is 2.67. The van der Waals surface area contributed by atoms with Crippen molar-refractivity contribution in [2.24, 2.45) is 0 Å². The topological polar surface area (TPSA) is 41.1 Å². The Bertz CT molecular complexity index is 397. The van der Waals surface area contributed by atoms with Crippen LogP contribution in [0.2, 0.25) is 0 Å². The average molecular weight is 276 g/mol. The smallest absolute Gasteiger partial charge is 0.224 e. The predicted molar refractivity (Wildman–Crippen MR) is 85.5 cm³/mol. The minimum absolute atomic E-state index is 0.792. The van der Waals surface area contributed by atoms with Crippen LogP contribution in [-0.4, -0.2) is 29.6 Å². The maximum absolute atomic E-state index is 4.70. The molecule has 0 aromatic carbocycles. The van der Waals surface area contributed by atoms with Crippen molar-refractivity contribution in [2.45, 2.75) is 58.8 Å². The minimum atomic E-state index is 0.792. The van der Waals surface area contributed by atoms with Gasteiger partial charge in [-0.05, 0) is 26.2 Å². The molecule has 2 rings (SSSR count). The predicted octanol–water partition coefficient (Wildman–Crippen LogP) is 3.77. The maximum Gasteiger partial charge on any atom is 0.224 e. The van der Waals surface area contributed by atoms with Gasteiger partial charge in [0, 0.05) is 31.4 Å².